The molecule has 0 saturated carbocycles. The second-order valence-electron chi connectivity index (χ2n) is 7.58. The van der Waals surface area contributed by atoms with E-state index in [0.29, 0.717) is 44.6 Å². The molecule has 1 fully saturated rings. The van der Waals surface area contributed by atoms with Crippen LogP contribution in [0, 0.1) is 5.92 Å². The molecule has 0 spiro atoms. The molecule has 1 aliphatic rings. The van der Waals surface area contributed by atoms with Gasteiger partial charge in [0.25, 0.3) is 0 Å². The van der Waals surface area contributed by atoms with Crippen LogP contribution in [-0.4, -0.2) is 66.8 Å². The highest BCUT2D eigenvalue weighted by molar-refractivity contribution is 7.89. The van der Waals surface area contributed by atoms with Crippen molar-refractivity contribution in [2.45, 2.75) is 57.5 Å². The number of rotatable bonds is 8. The van der Waals surface area contributed by atoms with Crippen molar-refractivity contribution in [3.63, 3.8) is 0 Å². The maximum absolute atomic E-state index is 12.6. The number of nitrogens with one attached hydrogen (secondary N) is 1. The van der Waals surface area contributed by atoms with Gasteiger partial charge in [-0.15, -0.1) is 0 Å². The Balaban J connectivity index is 1.82. The Morgan fingerprint density at radius 3 is 2.41 bits per heavy atom. The van der Waals surface area contributed by atoms with Gasteiger partial charge in [0.05, 0.1) is 0 Å². The minimum absolute atomic E-state index is 0.0286. The number of nitrogens with zero attached hydrogens (tertiary/aromatic N) is 3. The average molecular weight is 397 g/mol. The molecule has 1 amide bonds. The number of piperidine rings is 1. The number of carbonyl (C=O) groups is 1. The van der Waals surface area contributed by atoms with Crippen molar-refractivity contribution >= 4 is 15.9 Å². The Bertz CT molecular complexity index is 691. The zero-order valence-electron chi connectivity index (χ0n) is 16.8. The maximum atomic E-state index is 12.6. The Hall–Kier alpha value is -1.51. The largest absolute Gasteiger partial charge is 0.355 e. The fourth-order valence-corrected chi connectivity index (χ4v) is 5.01. The van der Waals surface area contributed by atoms with Crippen LogP contribution in [0.1, 0.15) is 40.5 Å². The first kappa shape index (κ1) is 21.8. The highest BCUT2D eigenvalue weighted by Crippen LogP contribution is 2.23. The van der Waals surface area contributed by atoms with Crippen molar-refractivity contribution in [1.29, 1.82) is 0 Å². The third-order valence-electron chi connectivity index (χ3n) is 5.09. The van der Waals surface area contributed by atoms with Crippen LogP contribution in [0.25, 0.3) is 0 Å². The molecule has 1 aromatic heterocycles. The molecule has 2 rings (SSSR count). The van der Waals surface area contributed by atoms with Crippen LogP contribution in [0.3, 0.4) is 0 Å². The van der Waals surface area contributed by atoms with Gasteiger partial charge in [-0.1, -0.05) is 0 Å². The van der Waals surface area contributed by atoms with Gasteiger partial charge in [0, 0.05) is 56.6 Å². The van der Waals surface area contributed by atoms with E-state index in [0.717, 1.165) is 6.54 Å². The summed E-state index contributed by atoms with van der Waals surface area (Å²) in [6.45, 7) is 10.8. The van der Waals surface area contributed by atoms with Gasteiger partial charge < -0.3 is 5.32 Å². The first-order valence-electron chi connectivity index (χ1n) is 9.67. The third-order valence-corrected chi connectivity index (χ3v) is 6.97. The number of hydrogen-bond donors (Lipinski definition) is 1. The topological polar surface area (TPSA) is 82.6 Å². The van der Waals surface area contributed by atoms with Crippen LogP contribution in [0.4, 0.5) is 0 Å². The van der Waals surface area contributed by atoms with Gasteiger partial charge in [-0.25, -0.2) is 8.42 Å². The standard InChI is InChI=1S/C19H32N4O3S/c1-15(2)23(16(3)4)13-10-21-19(24)17-7-11-22(12-8-17)27(25,26)18-6-5-9-20-14-18/h5-6,9,14-17H,7-8,10-13H2,1-4H3,(H,21,24). The zero-order chi connectivity index (χ0) is 20.0. The summed E-state index contributed by atoms with van der Waals surface area (Å²) in [5, 5.41) is 3.02. The van der Waals surface area contributed by atoms with Gasteiger partial charge in [-0.3, -0.25) is 14.7 Å². The summed E-state index contributed by atoms with van der Waals surface area (Å²) in [6, 6.07) is 4.03. The van der Waals surface area contributed by atoms with E-state index in [9.17, 15) is 13.2 Å². The van der Waals surface area contributed by atoms with Crippen LogP contribution in [-0.2, 0) is 14.8 Å². The van der Waals surface area contributed by atoms with Crippen molar-refractivity contribution in [2.75, 3.05) is 26.2 Å². The van der Waals surface area contributed by atoms with Crippen LogP contribution in [0.5, 0.6) is 0 Å². The van der Waals surface area contributed by atoms with Crippen molar-refractivity contribution in [1.82, 2.24) is 19.5 Å². The molecule has 2 heterocycles. The number of hydrogen-bond acceptors (Lipinski definition) is 5. The highest BCUT2D eigenvalue weighted by atomic mass is 32.2. The predicted octanol–water partition coefficient (Wildman–Crippen LogP) is 1.72. The normalized spacial score (nSPS) is 17.0. The van der Waals surface area contributed by atoms with E-state index < -0.39 is 10.0 Å². The molecular weight excluding hydrogens is 364 g/mol. The van der Waals surface area contributed by atoms with Crippen molar-refractivity contribution in [3.05, 3.63) is 24.5 Å². The molecule has 1 aromatic rings. The van der Waals surface area contributed by atoms with Gasteiger partial charge >= 0.3 is 0 Å². The van der Waals surface area contributed by atoms with E-state index >= 15 is 0 Å². The molecule has 7 nitrogen and oxygen atoms in total. The molecule has 0 unspecified atom stereocenters. The molecular formula is C19H32N4O3S. The van der Waals surface area contributed by atoms with Crippen molar-refractivity contribution < 1.29 is 13.2 Å². The molecule has 0 aromatic carbocycles. The predicted molar refractivity (Wildman–Crippen MR) is 106 cm³/mol. The Morgan fingerprint density at radius 1 is 1.26 bits per heavy atom. The third kappa shape index (κ3) is 5.73. The van der Waals surface area contributed by atoms with Gasteiger partial charge in [-0.2, -0.15) is 4.31 Å². The smallest absolute Gasteiger partial charge is 0.244 e. The molecule has 1 aliphatic heterocycles. The summed E-state index contributed by atoms with van der Waals surface area (Å²) >= 11 is 0. The molecule has 0 aliphatic carbocycles. The zero-order valence-corrected chi connectivity index (χ0v) is 17.6. The molecule has 152 valence electrons. The van der Waals surface area contributed by atoms with Gasteiger partial charge in [0.15, 0.2) is 0 Å². The summed E-state index contributed by atoms with van der Waals surface area (Å²) in [7, 11) is -3.53. The summed E-state index contributed by atoms with van der Waals surface area (Å²) in [5.74, 6) is -0.0993. The monoisotopic (exact) mass is 396 g/mol. The SMILES string of the molecule is CC(C)N(CCNC(=O)C1CCN(S(=O)(=O)c2cccnc2)CC1)C(C)C. The first-order chi connectivity index (χ1) is 12.7. The van der Waals surface area contributed by atoms with Gasteiger partial charge in [0.1, 0.15) is 4.90 Å². The first-order valence-corrected chi connectivity index (χ1v) is 11.1. The molecule has 0 bridgehead atoms. The second kappa shape index (κ2) is 9.61. The molecule has 1 N–H and O–H groups in total. The van der Waals surface area contributed by atoms with E-state index in [2.05, 4.69) is 42.9 Å². The second-order valence-corrected chi connectivity index (χ2v) is 9.52. The molecule has 1 saturated heterocycles. The van der Waals surface area contributed by atoms with Crippen molar-refractivity contribution in [3.8, 4) is 0 Å². The van der Waals surface area contributed by atoms with Crippen LogP contribution >= 0.6 is 0 Å². The molecule has 8 heteroatoms. The van der Waals surface area contributed by atoms with Crippen LogP contribution in [0.2, 0.25) is 0 Å². The molecule has 0 radical (unpaired) electrons. The van der Waals surface area contributed by atoms with Crippen LogP contribution < -0.4 is 5.32 Å². The Morgan fingerprint density at radius 2 is 1.89 bits per heavy atom. The number of aromatic nitrogens is 1. The van der Waals surface area contributed by atoms with E-state index in [1.807, 2.05) is 0 Å². The average Bonchev–Trinajstić information content (AvgIpc) is 2.65. The van der Waals surface area contributed by atoms with Gasteiger partial charge in [0.2, 0.25) is 15.9 Å². The highest BCUT2D eigenvalue weighted by Gasteiger charge is 2.32. The molecule has 0 atom stereocenters. The maximum Gasteiger partial charge on any atom is 0.244 e. The lowest BCUT2D eigenvalue weighted by atomic mass is 9.97. The Kier molecular flexibility index (Phi) is 7.76. The minimum atomic E-state index is -3.53. The number of amides is 1. The van der Waals surface area contributed by atoms with E-state index in [-0.39, 0.29) is 16.7 Å². The fraction of sp³-hybridized carbons (Fsp3) is 0.684. The minimum Gasteiger partial charge on any atom is -0.355 e. The summed E-state index contributed by atoms with van der Waals surface area (Å²) < 4.78 is 26.7. The quantitative estimate of drug-likeness (QED) is 0.723. The lowest BCUT2D eigenvalue weighted by Gasteiger charge is -2.32. The van der Waals surface area contributed by atoms with E-state index in [4.69, 9.17) is 0 Å². The summed E-state index contributed by atoms with van der Waals surface area (Å²) in [5.41, 5.74) is 0. The van der Waals surface area contributed by atoms with Crippen molar-refractivity contribution in [2.24, 2.45) is 5.92 Å². The lowest BCUT2D eigenvalue weighted by Crippen LogP contribution is -2.46. The number of carbonyl (C=O) groups excluding carboxylic acids is 1. The summed E-state index contributed by atoms with van der Waals surface area (Å²) in [6.07, 6.45) is 4.01. The van der Waals surface area contributed by atoms with Gasteiger partial charge in [-0.05, 0) is 52.7 Å². The fourth-order valence-electron chi connectivity index (χ4n) is 3.57. The molecule has 27 heavy (non-hydrogen) atoms. The van der Waals surface area contributed by atoms with E-state index in [1.54, 1.807) is 18.3 Å². The van der Waals surface area contributed by atoms with E-state index in [1.165, 1.54) is 10.5 Å². The van der Waals surface area contributed by atoms with Crippen LogP contribution in [0.15, 0.2) is 29.4 Å². The lowest BCUT2D eigenvalue weighted by molar-refractivity contribution is -0.126. The summed E-state index contributed by atoms with van der Waals surface area (Å²) in [4.78, 5) is 18.9. The number of sulfonamides is 1. The Labute approximate surface area is 163 Å². The number of pyridine rings is 1.